The number of anilines is 2. The van der Waals surface area contributed by atoms with Gasteiger partial charge in [0.2, 0.25) is 0 Å². The summed E-state index contributed by atoms with van der Waals surface area (Å²) in [6.45, 7) is 0. The zero-order chi connectivity index (χ0) is 17.8. The van der Waals surface area contributed by atoms with Gasteiger partial charge in [0.25, 0.3) is 0 Å². The lowest BCUT2D eigenvalue weighted by molar-refractivity contribution is 0.0689. The van der Waals surface area contributed by atoms with Crippen molar-refractivity contribution in [2.45, 2.75) is 6.42 Å². The summed E-state index contributed by atoms with van der Waals surface area (Å²) in [7, 11) is 0. The number of carboxylic acid groups (broad SMARTS) is 1. The van der Waals surface area contributed by atoms with Crippen LogP contribution in [0.2, 0.25) is 5.02 Å². The minimum atomic E-state index is -1.16. The van der Waals surface area contributed by atoms with Gasteiger partial charge in [-0.25, -0.2) is 19.2 Å². The summed E-state index contributed by atoms with van der Waals surface area (Å²) in [6, 6.07) is 13.7. The highest BCUT2D eigenvalue weighted by Gasteiger charge is 2.13. The number of hydrogen-bond acceptors (Lipinski definition) is 4. The molecule has 1 heterocycles. The largest absolute Gasteiger partial charge is 0.476 e. The maximum Gasteiger partial charge on any atom is 0.356 e. The maximum atomic E-state index is 13.6. The molecule has 126 valence electrons. The molecule has 0 unspecified atom stereocenters. The van der Waals surface area contributed by atoms with E-state index >= 15 is 0 Å². The molecule has 0 spiro atoms. The molecule has 0 aliphatic rings. The van der Waals surface area contributed by atoms with Crippen LogP contribution in [0.4, 0.5) is 15.9 Å². The first-order valence-electron chi connectivity index (χ1n) is 7.38. The molecule has 0 aliphatic carbocycles. The first-order chi connectivity index (χ1) is 12.0. The van der Waals surface area contributed by atoms with Gasteiger partial charge in [0.05, 0.1) is 16.9 Å². The minimum Gasteiger partial charge on any atom is -0.476 e. The number of aromatic nitrogens is 2. The van der Waals surface area contributed by atoms with Gasteiger partial charge in [-0.1, -0.05) is 41.9 Å². The van der Waals surface area contributed by atoms with Gasteiger partial charge >= 0.3 is 5.97 Å². The van der Waals surface area contributed by atoms with Crippen molar-refractivity contribution in [1.82, 2.24) is 9.97 Å². The number of carbonyl (C=O) groups is 1. The van der Waals surface area contributed by atoms with E-state index in [0.717, 1.165) is 11.8 Å². The molecule has 2 N–H and O–H groups in total. The zero-order valence-electron chi connectivity index (χ0n) is 12.9. The highest BCUT2D eigenvalue weighted by atomic mass is 35.5. The van der Waals surface area contributed by atoms with Crippen LogP contribution >= 0.6 is 11.6 Å². The molecule has 0 saturated heterocycles. The molecule has 3 rings (SSSR count). The van der Waals surface area contributed by atoms with Gasteiger partial charge in [0, 0.05) is 12.1 Å². The standard InChI is InChI=1S/C18H13ClFN3O2/c19-13-7-6-12(9-14(13)20)22-17-15(8-11-4-2-1-3-5-11)23-16(10-21-17)18(24)25/h1-7,9-10H,8H2,(H,21,22)(H,24,25). The first kappa shape index (κ1) is 16.9. The molecule has 0 atom stereocenters. The van der Waals surface area contributed by atoms with E-state index in [1.807, 2.05) is 30.3 Å². The summed E-state index contributed by atoms with van der Waals surface area (Å²) < 4.78 is 13.6. The fourth-order valence-corrected chi connectivity index (χ4v) is 2.38. The molecule has 0 fully saturated rings. The molecule has 25 heavy (non-hydrogen) atoms. The van der Waals surface area contributed by atoms with Crippen LogP contribution in [0.1, 0.15) is 21.7 Å². The first-order valence-corrected chi connectivity index (χ1v) is 7.76. The lowest BCUT2D eigenvalue weighted by Crippen LogP contribution is -2.09. The Hall–Kier alpha value is -2.99. The van der Waals surface area contributed by atoms with E-state index in [-0.39, 0.29) is 10.7 Å². The lowest BCUT2D eigenvalue weighted by atomic mass is 10.1. The third-order valence-electron chi connectivity index (χ3n) is 3.46. The minimum absolute atomic E-state index is 0.0161. The Bertz CT molecular complexity index is 919. The molecule has 0 amide bonds. The quantitative estimate of drug-likeness (QED) is 0.712. The van der Waals surface area contributed by atoms with Crippen LogP contribution in [0.15, 0.2) is 54.7 Å². The van der Waals surface area contributed by atoms with E-state index in [0.29, 0.717) is 23.6 Å². The molecule has 7 heteroatoms. The van der Waals surface area contributed by atoms with Crippen molar-refractivity contribution >= 4 is 29.1 Å². The topological polar surface area (TPSA) is 75.1 Å². The van der Waals surface area contributed by atoms with Crippen LogP contribution in [0.3, 0.4) is 0 Å². The van der Waals surface area contributed by atoms with Crippen molar-refractivity contribution in [3.05, 3.63) is 82.5 Å². The molecular weight excluding hydrogens is 345 g/mol. The fraction of sp³-hybridized carbons (Fsp3) is 0.0556. The number of aromatic carboxylic acids is 1. The highest BCUT2D eigenvalue weighted by molar-refractivity contribution is 6.30. The average molecular weight is 358 g/mol. The predicted molar refractivity (Wildman–Crippen MR) is 92.9 cm³/mol. The Morgan fingerprint density at radius 3 is 2.64 bits per heavy atom. The molecule has 0 saturated carbocycles. The summed E-state index contributed by atoms with van der Waals surface area (Å²) in [5, 5.41) is 12.1. The van der Waals surface area contributed by atoms with Gasteiger partial charge in [0.1, 0.15) is 5.82 Å². The Balaban J connectivity index is 1.96. The van der Waals surface area contributed by atoms with Crippen LogP contribution in [0.25, 0.3) is 0 Å². The number of rotatable bonds is 5. The molecular formula is C18H13ClFN3O2. The van der Waals surface area contributed by atoms with E-state index < -0.39 is 11.8 Å². The van der Waals surface area contributed by atoms with Crippen molar-refractivity contribution in [2.75, 3.05) is 5.32 Å². The number of benzene rings is 2. The SMILES string of the molecule is O=C(O)c1cnc(Nc2ccc(Cl)c(F)c2)c(Cc2ccccc2)n1. The molecule has 2 aromatic carbocycles. The highest BCUT2D eigenvalue weighted by Crippen LogP contribution is 2.24. The molecule has 1 aromatic heterocycles. The summed E-state index contributed by atoms with van der Waals surface area (Å²) >= 11 is 5.68. The summed E-state index contributed by atoms with van der Waals surface area (Å²) in [6.07, 6.45) is 1.54. The molecule has 5 nitrogen and oxygen atoms in total. The molecule has 3 aromatic rings. The Kier molecular flexibility index (Phi) is 4.90. The third-order valence-corrected chi connectivity index (χ3v) is 3.77. The number of halogens is 2. The van der Waals surface area contributed by atoms with Crippen LogP contribution in [0.5, 0.6) is 0 Å². The summed E-state index contributed by atoms with van der Waals surface area (Å²) in [5.74, 6) is -1.37. The van der Waals surface area contributed by atoms with Gasteiger partial charge in [-0.2, -0.15) is 0 Å². The van der Waals surface area contributed by atoms with Crippen molar-refractivity contribution < 1.29 is 14.3 Å². The summed E-state index contributed by atoms with van der Waals surface area (Å²) in [5.41, 5.74) is 1.68. The van der Waals surface area contributed by atoms with Crippen LogP contribution in [-0.4, -0.2) is 21.0 Å². The second kappa shape index (κ2) is 7.27. The van der Waals surface area contributed by atoms with E-state index in [1.54, 1.807) is 6.07 Å². The third kappa shape index (κ3) is 4.10. The Labute approximate surface area is 148 Å². The van der Waals surface area contributed by atoms with E-state index in [9.17, 15) is 9.18 Å². The van der Waals surface area contributed by atoms with Crippen molar-refractivity contribution in [2.24, 2.45) is 0 Å². The second-order valence-electron chi connectivity index (χ2n) is 5.27. The van der Waals surface area contributed by atoms with Crippen molar-refractivity contribution in [3.8, 4) is 0 Å². The Morgan fingerprint density at radius 1 is 1.20 bits per heavy atom. The molecule has 0 bridgehead atoms. The predicted octanol–water partition coefficient (Wildman–Crippen LogP) is 4.30. The summed E-state index contributed by atoms with van der Waals surface area (Å²) in [4.78, 5) is 19.5. The van der Waals surface area contributed by atoms with Gasteiger partial charge in [0.15, 0.2) is 11.5 Å². The van der Waals surface area contributed by atoms with Crippen LogP contribution in [0, 0.1) is 5.82 Å². The second-order valence-corrected chi connectivity index (χ2v) is 5.68. The van der Waals surface area contributed by atoms with Gasteiger partial charge in [-0.05, 0) is 23.8 Å². The number of hydrogen-bond donors (Lipinski definition) is 2. The number of nitrogens with one attached hydrogen (secondary N) is 1. The smallest absolute Gasteiger partial charge is 0.356 e. The number of nitrogens with zero attached hydrogens (tertiary/aromatic N) is 2. The average Bonchev–Trinajstić information content (AvgIpc) is 2.60. The maximum absolute atomic E-state index is 13.6. The molecule has 0 aliphatic heterocycles. The van der Waals surface area contributed by atoms with Gasteiger partial charge < -0.3 is 10.4 Å². The van der Waals surface area contributed by atoms with Crippen molar-refractivity contribution in [1.29, 1.82) is 0 Å². The molecule has 0 radical (unpaired) electrons. The van der Waals surface area contributed by atoms with E-state index in [4.69, 9.17) is 16.7 Å². The van der Waals surface area contributed by atoms with Gasteiger partial charge in [-0.15, -0.1) is 0 Å². The normalized spacial score (nSPS) is 10.5. The van der Waals surface area contributed by atoms with Gasteiger partial charge in [-0.3, -0.25) is 0 Å². The Morgan fingerprint density at radius 2 is 1.96 bits per heavy atom. The van der Waals surface area contributed by atoms with Crippen molar-refractivity contribution in [3.63, 3.8) is 0 Å². The monoisotopic (exact) mass is 357 g/mol. The van der Waals surface area contributed by atoms with E-state index in [2.05, 4.69) is 15.3 Å². The van der Waals surface area contributed by atoms with E-state index in [1.165, 1.54) is 12.1 Å². The fourth-order valence-electron chi connectivity index (χ4n) is 2.26. The van der Waals surface area contributed by atoms with Crippen LogP contribution < -0.4 is 5.32 Å². The number of carboxylic acids is 1. The zero-order valence-corrected chi connectivity index (χ0v) is 13.7. The lowest BCUT2D eigenvalue weighted by Gasteiger charge is -2.11. The van der Waals surface area contributed by atoms with Crippen LogP contribution in [-0.2, 0) is 6.42 Å².